The number of phenols is 1. The van der Waals surface area contributed by atoms with Crippen LogP contribution in [-0.2, 0) is 6.54 Å². The van der Waals surface area contributed by atoms with E-state index in [0.717, 1.165) is 4.88 Å². The van der Waals surface area contributed by atoms with Crippen molar-refractivity contribution in [1.82, 2.24) is 10.3 Å². The summed E-state index contributed by atoms with van der Waals surface area (Å²) in [6, 6.07) is 4.70. The number of rotatable bonds is 3. The Kier molecular flexibility index (Phi) is 3.75. The van der Waals surface area contributed by atoms with Crippen molar-refractivity contribution < 1.29 is 9.90 Å². The highest BCUT2D eigenvalue weighted by Gasteiger charge is 2.08. The molecule has 2 N–H and O–H groups in total. The second-order valence-corrected chi connectivity index (χ2v) is 5.14. The fourth-order valence-electron chi connectivity index (χ4n) is 1.25. The van der Waals surface area contributed by atoms with Crippen LogP contribution in [0.1, 0.15) is 15.2 Å². The van der Waals surface area contributed by atoms with Crippen molar-refractivity contribution in [2.24, 2.45) is 0 Å². The van der Waals surface area contributed by atoms with E-state index in [1.54, 1.807) is 23.8 Å². The molecule has 4 nitrogen and oxygen atoms in total. The van der Waals surface area contributed by atoms with Gasteiger partial charge in [-0.1, -0.05) is 0 Å². The Hall–Kier alpha value is -1.40. The molecule has 1 aromatic carbocycles. The van der Waals surface area contributed by atoms with Gasteiger partial charge in [0.05, 0.1) is 16.5 Å². The highest BCUT2D eigenvalue weighted by molar-refractivity contribution is 9.10. The number of nitrogens with zero attached hydrogens (tertiary/aromatic N) is 1. The molecule has 0 unspecified atom stereocenters. The van der Waals surface area contributed by atoms with Gasteiger partial charge in [-0.05, 0) is 34.1 Å². The summed E-state index contributed by atoms with van der Waals surface area (Å²) in [6.07, 6.45) is 1.71. The van der Waals surface area contributed by atoms with Crippen LogP contribution in [0.3, 0.4) is 0 Å². The molecule has 1 aromatic heterocycles. The molecular weight excluding hydrogens is 304 g/mol. The van der Waals surface area contributed by atoms with Crippen LogP contribution in [0.2, 0.25) is 0 Å². The molecule has 88 valence electrons. The number of carbonyl (C=O) groups is 1. The van der Waals surface area contributed by atoms with Crippen molar-refractivity contribution in [3.8, 4) is 5.75 Å². The largest absolute Gasteiger partial charge is 0.507 e. The highest BCUT2D eigenvalue weighted by atomic mass is 79.9. The molecule has 1 amide bonds. The molecule has 0 saturated heterocycles. The summed E-state index contributed by atoms with van der Waals surface area (Å²) in [4.78, 5) is 16.7. The van der Waals surface area contributed by atoms with E-state index >= 15 is 0 Å². The van der Waals surface area contributed by atoms with Gasteiger partial charge in [-0.3, -0.25) is 9.78 Å². The molecule has 0 bridgehead atoms. The van der Waals surface area contributed by atoms with Gasteiger partial charge in [0.15, 0.2) is 0 Å². The summed E-state index contributed by atoms with van der Waals surface area (Å²) in [5.41, 5.74) is 2.14. The Bertz CT molecular complexity index is 528. The van der Waals surface area contributed by atoms with Crippen LogP contribution >= 0.6 is 27.3 Å². The molecule has 17 heavy (non-hydrogen) atoms. The Morgan fingerprint density at radius 3 is 3.00 bits per heavy atom. The van der Waals surface area contributed by atoms with Gasteiger partial charge in [-0.25, -0.2) is 0 Å². The maximum atomic E-state index is 11.8. The van der Waals surface area contributed by atoms with Crippen LogP contribution in [0, 0.1) is 0 Å². The lowest BCUT2D eigenvalue weighted by atomic mass is 10.2. The van der Waals surface area contributed by atoms with E-state index < -0.39 is 0 Å². The third-order valence-electron chi connectivity index (χ3n) is 2.11. The molecule has 0 spiro atoms. The SMILES string of the molecule is O=C(NCc1cncs1)c1ccc(Br)c(O)c1. The average molecular weight is 313 g/mol. The van der Waals surface area contributed by atoms with Gasteiger partial charge in [0.25, 0.3) is 5.91 Å². The second-order valence-electron chi connectivity index (χ2n) is 3.32. The molecule has 0 radical (unpaired) electrons. The van der Waals surface area contributed by atoms with Crippen molar-refractivity contribution in [3.63, 3.8) is 0 Å². The molecule has 0 saturated carbocycles. The summed E-state index contributed by atoms with van der Waals surface area (Å²) < 4.78 is 0.566. The highest BCUT2D eigenvalue weighted by Crippen LogP contribution is 2.24. The number of nitrogens with one attached hydrogen (secondary N) is 1. The fourth-order valence-corrected chi connectivity index (χ4v) is 2.03. The minimum Gasteiger partial charge on any atom is -0.507 e. The zero-order valence-electron chi connectivity index (χ0n) is 8.68. The first-order chi connectivity index (χ1) is 8.16. The fraction of sp³-hybridized carbons (Fsp3) is 0.0909. The molecule has 2 aromatic rings. The van der Waals surface area contributed by atoms with Crippen LogP contribution in [0.25, 0.3) is 0 Å². The topological polar surface area (TPSA) is 62.2 Å². The molecule has 0 atom stereocenters. The van der Waals surface area contributed by atoms with E-state index in [1.807, 2.05) is 0 Å². The molecular formula is C11H9BrN2O2S. The number of hydrogen-bond donors (Lipinski definition) is 2. The number of phenolic OH excluding ortho intramolecular Hbond substituents is 1. The first-order valence-electron chi connectivity index (χ1n) is 4.81. The zero-order chi connectivity index (χ0) is 12.3. The number of halogens is 1. The first kappa shape index (κ1) is 12.1. The van der Waals surface area contributed by atoms with Crippen molar-refractivity contribution in [2.45, 2.75) is 6.54 Å². The van der Waals surface area contributed by atoms with Crippen LogP contribution in [-0.4, -0.2) is 16.0 Å². The Balaban J connectivity index is 2.02. The number of amides is 1. The predicted octanol–water partition coefficient (Wildman–Crippen LogP) is 2.54. The number of aromatic nitrogens is 1. The Morgan fingerprint density at radius 1 is 1.53 bits per heavy atom. The van der Waals surface area contributed by atoms with E-state index in [0.29, 0.717) is 16.6 Å². The third-order valence-corrected chi connectivity index (χ3v) is 3.57. The van der Waals surface area contributed by atoms with Crippen LogP contribution < -0.4 is 5.32 Å². The number of hydrogen-bond acceptors (Lipinski definition) is 4. The maximum absolute atomic E-state index is 11.8. The van der Waals surface area contributed by atoms with E-state index in [1.165, 1.54) is 17.4 Å². The minimum atomic E-state index is -0.221. The van der Waals surface area contributed by atoms with Gasteiger partial charge >= 0.3 is 0 Å². The van der Waals surface area contributed by atoms with Gasteiger partial charge in [0.1, 0.15) is 5.75 Å². The Morgan fingerprint density at radius 2 is 2.35 bits per heavy atom. The minimum absolute atomic E-state index is 0.0513. The normalized spacial score (nSPS) is 10.2. The molecule has 2 rings (SSSR count). The third kappa shape index (κ3) is 3.04. The zero-order valence-corrected chi connectivity index (χ0v) is 11.1. The molecule has 0 aliphatic carbocycles. The van der Waals surface area contributed by atoms with Gasteiger partial charge < -0.3 is 10.4 Å². The predicted molar refractivity (Wildman–Crippen MR) is 69.1 cm³/mol. The quantitative estimate of drug-likeness (QED) is 0.915. The maximum Gasteiger partial charge on any atom is 0.251 e. The first-order valence-corrected chi connectivity index (χ1v) is 6.48. The molecule has 1 heterocycles. The van der Waals surface area contributed by atoms with Crippen LogP contribution in [0.4, 0.5) is 0 Å². The van der Waals surface area contributed by atoms with Gasteiger partial charge in [0.2, 0.25) is 0 Å². The van der Waals surface area contributed by atoms with Crippen molar-refractivity contribution in [2.75, 3.05) is 0 Å². The number of benzene rings is 1. The van der Waals surface area contributed by atoms with E-state index in [-0.39, 0.29) is 11.7 Å². The van der Waals surface area contributed by atoms with Gasteiger partial charge in [0, 0.05) is 16.6 Å². The number of thiazole rings is 1. The Labute approximate surface area is 110 Å². The van der Waals surface area contributed by atoms with E-state index in [2.05, 4.69) is 26.2 Å². The van der Waals surface area contributed by atoms with Crippen molar-refractivity contribution in [1.29, 1.82) is 0 Å². The molecule has 0 aliphatic heterocycles. The van der Waals surface area contributed by atoms with Crippen LogP contribution in [0.15, 0.2) is 34.4 Å². The molecule has 6 heteroatoms. The lowest BCUT2D eigenvalue weighted by molar-refractivity contribution is 0.0951. The van der Waals surface area contributed by atoms with Crippen molar-refractivity contribution in [3.05, 3.63) is 44.8 Å². The van der Waals surface area contributed by atoms with Gasteiger partial charge in [-0.15, -0.1) is 11.3 Å². The lowest BCUT2D eigenvalue weighted by Crippen LogP contribution is -2.22. The second kappa shape index (κ2) is 5.29. The lowest BCUT2D eigenvalue weighted by Gasteiger charge is -2.04. The summed E-state index contributed by atoms with van der Waals surface area (Å²) in [5, 5.41) is 12.2. The smallest absolute Gasteiger partial charge is 0.251 e. The summed E-state index contributed by atoms with van der Waals surface area (Å²) in [5.74, 6) is -0.170. The van der Waals surface area contributed by atoms with Crippen LogP contribution in [0.5, 0.6) is 5.75 Å². The standard InChI is InChI=1S/C11H9BrN2O2S/c12-9-2-1-7(3-10(9)15)11(16)14-5-8-4-13-6-17-8/h1-4,6,15H,5H2,(H,14,16). The van der Waals surface area contributed by atoms with E-state index in [9.17, 15) is 9.90 Å². The van der Waals surface area contributed by atoms with E-state index in [4.69, 9.17) is 0 Å². The summed E-state index contributed by atoms with van der Waals surface area (Å²) in [7, 11) is 0. The average Bonchev–Trinajstić information content (AvgIpc) is 2.82. The molecule has 0 aliphatic rings. The van der Waals surface area contributed by atoms with Crippen molar-refractivity contribution >= 4 is 33.2 Å². The monoisotopic (exact) mass is 312 g/mol. The summed E-state index contributed by atoms with van der Waals surface area (Å²) in [6.45, 7) is 0.445. The van der Waals surface area contributed by atoms with Gasteiger partial charge in [-0.2, -0.15) is 0 Å². The number of aromatic hydroxyl groups is 1. The summed E-state index contributed by atoms with van der Waals surface area (Å²) >= 11 is 4.64. The molecule has 0 fully saturated rings. The number of carbonyl (C=O) groups excluding carboxylic acids is 1.